The zero-order valence-electron chi connectivity index (χ0n) is 5.70. The zero-order chi connectivity index (χ0) is 6.97. The third kappa shape index (κ3) is 0.964. The van der Waals surface area contributed by atoms with Gasteiger partial charge in [-0.2, -0.15) is 0 Å². The molecule has 0 amide bonds. The van der Waals surface area contributed by atoms with Gasteiger partial charge >= 0.3 is 0 Å². The van der Waals surface area contributed by atoms with E-state index in [-0.39, 0.29) is 0 Å². The second-order valence-electron chi connectivity index (χ2n) is 2.47. The molecule has 1 saturated carbocycles. The lowest BCUT2D eigenvalue weighted by Crippen LogP contribution is -1.96. The lowest BCUT2D eigenvalue weighted by atomic mass is 10.5. The third-order valence-corrected chi connectivity index (χ3v) is 1.41. The van der Waals surface area contributed by atoms with Crippen molar-refractivity contribution in [2.24, 2.45) is 0 Å². The summed E-state index contributed by atoms with van der Waals surface area (Å²) in [6.45, 7) is 1.81. The van der Waals surface area contributed by atoms with Crippen LogP contribution in [0.1, 0.15) is 18.5 Å². The molecule has 0 spiro atoms. The van der Waals surface area contributed by atoms with Crippen molar-refractivity contribution < 1.29 is 9.37 Å². The predicted molar refractivity (Wildman–Crippen MR) is 32.7 cm³/mol. The summed E-state index contributed by atoms with van der Waals surface area (Å²) in [5.74, 6) is 0.544. The Balaban J connectivity index is 2.08. The summed E-state index contributed by atoms with van der Waals surface area (Å²) < 4.78 is 9.78. The number of aromatic nitrogens is 2. The fourth-order valence-electron chi connectivity index (χ4n) is 0.674. The molecule has 1 fully saturated rings. The minimum atomic E-state index is 0.366. The van der Waals surface area contributed by atoms with Crippen LogP contribution >= 0.6 is 0 Å². The molecule has 0 saturated heterocycles. The minimum absolute atomic E-state index is 0.366. The van der Waals surface area contributed by atoms with Crippen molar-refractivity contribution in [3.63, 3.8) is 0 Å². The largest absolute Gasteiger partial charge is 0.471 e. The van der Waals surface area contributed by atoms with Crippen molar-refractivity contribution in [3.8, 4) is 5.88 Å². The summed E-state index contributed by atoms with van der Waals surface area (Å²) in [7, 11) is 0. The van der Waals surface area contributed by atoms with E-state index >= 15 is 0 Å². The van der Waals surface area contributed by atoms with Gasteiger partial charge in [0.1, 0.15) is 11.8 Å². The van der Waals surface area contributed by atoms with E-state index in [1.54, 1.807) is 0 Å². The first-order chi connectivity index (χ1) is 4.86. The molecular weight excluding hydrogens is 132 g/mol. The van der Waals surface area contributed by atoms with Crippen LogP contribution in [0.3, 0.4) is 0 Å². The Bertz CT molecular complexity index is 229. The lowest BCUT2D eigenvalue weighted by Gasteiger charge is -1.95. The molecule has 0 unspecified atom stereocenters. The van der Waals surface area contributed by atoms with E-state index in [2.05, 4.69) is 14.9 Å². The van der Waals surface area contributed by atoms with E-state index in [1.807, 2.05) is 6.92 Å². The zero-order valence-corrected chi connectivity index (χ0v) is 5.70. The summed E-state index contributed by atoms with van der Waals surface area (Å²) in [6.07, 6.45) is 2.63. The SMILES string of the molecule is Cc1nonc1OC1CC1. The Labute approximate surface area is 58.1 Å². The molecule has 10 heavy (non-hydrogen) atoms. The summed E-state index contributed by atoms with van der Waals surface area (Å²) in [6, 6.07) is 0. The van der Waals surface area contributed by atoms with Crippen molar-refractivity contribution >= 4 is 0 Å². The summed E-state index contributed by atoms with van der Waals surface area (Å²) >= 11 is 0. The van der Waals surface area contributed by atoms with Gasteiger partial charge in [0.2, 0.25) is 0 Å². The second-order valence-corrected chi connectivity index (χ2v) is 2.47. The molecule has 0 aliphatic heterocycles. The first-order valence-electron chi connectivity index (χ1n) is 3.32. The Morgan fingerprint density at radius 2 is 2.30 bits per heavy atom. The molecule has 1 heterocycles. The topological polar surface area (TPSA) is 48.2 Å². The molecule has 0 atom stereocenters. The molecule has 4 heteroatoms. The third-order valence-electron chi connectivity index (χ3n) is 1.41. The molecule has 1 aromatic heterocycles. The smallest absolute Gasteiger partial charge is 0.278 e. The fourth-order valence-corrected chi connectivity index (χ4v) is 0.674. The van der Waals surface area contributed by atoms with Crippen LogP contribution in [0.25, 0.3) is 0 Å². The highest BCUT2D eigenvalue weighted by atomic mass is 16.6. The lowest BCUT2D eigenvalue weighted by molar-refractivity contribution is 0.247. The van der Waals surface area contributed by atoms with Crippen molar-refractivity contribution in [1.29, 1.82) is 0 Å². The average molecular weight is 140 g/mol. The highest BCUT2D eigenvalue weighted by molar-refractivity contribution is 5.12. The van der Waals surface area contributed by atoms with Crippen LogP contribution in [-0.4, -0.2) is 16.4 Å². The number of rotatable bonds is 2. The number of hydrogen-bond acceptors (Lipinski definition) is 4. The minimum Gasteiger partial charge on any atom is -0.471 e. The molecule has 2 rings (SSSR count). The van der Waals surface area contributed by atoms with E-state index < -0.39 is 0 Å². The quantitative estimate of drug-likeness (QED) is 0.612. The van der Waals surface area contributed by atoms with E-state index in [1.165, 1.54) is 0 Å². The Kier molecular flexibility index (Phi) is 1.12. The van der Waals surface area contributed by atoms with E-state index in [0.29, 0.717) is 12.0 Å². The number of nitrogens with zero attached hydrogens (tertiary/aromatic N) is 2. The van der Waals surface area contributed by atoms with Gasteiger partial charge in [-0.25, -0.2) is 4.63 Å². The van der Waals surface area contributed by atoms with Crippen LogP contribution in [0.15, 0.2) is 4.63 Å². The van der Waals surface area contributed by atoms with E-state index in [4.69, 9.17) is 4.74 Å². The highest BCUT2D eigenvalue weighted by Crippen LogP contribution is 2.26. The van der Waals surface area contributed by atoms with Crippen LogP contribution < -0.4 is 4.74 Å². The maximum atomic E-state index is 5.33. The molecule has 0 aromatic carbocycles. The molecule has 0 bridgehead atoms. The average Bonchev–Trinajstić information content (AvgIpc) is 2.62. The molecule has 0 radical (unpaired) electrons. The molecule has 1 aromatic rings. The predicted octanol–water partition coefficient (Wildman–Crippen LogP) is 0.919. The van der Waals surface area contributed by atoms with Gasteiger partial charge in [-0.3, -0.25) is 0 Å². The standard InChI is InChI=1S/C6H8N2O2/c1-4-6(8-10-7-4)9-5-2-3-5/h5H,2-3H2,1H3. The van der Waals surface area contributed by atoms with Crippen molar-refractivity contribution in [2.75, 3.05) is 0 Å². The fraction of sp³-hybridized carbons (Fsp3) is 0.667. The van der Waals surface area contributed by atoms with Gasteiger partial charge in [0, 0.05) is 0 Å². The number of hydrogen-bond donors (Lipinski definition) is 0. The Morgan fingerprint density at radius 3 is 2.80 bits per heavy atom. The van der Waals surface area contributed by atoms with E-state index in [0.717, 1.165) is 18.5 Å². The van der Waals surface area contributed by atoms with Gasteiger partial charge in [0.25, 0.3) is 5.88 Å². The van der Waals surface area contributed by atoms with Crippen LogP contribution in [-0.2, 0) is 0 Å². The van der Waals surface area contributed by atoms with Crippen LogP contribution in [0.2, 0.25) is 0 Å². The van der Waals surface area contributed by atoms with Crippen molar-refractivity contribution in [3.05, 3.63) is 5.69 Å². The van der Waals surface area contributed by atoms with Gasteiger partial charge in [0.15, 0.2) is 0 Å². The molecule has 1 aliphatic rings. The van der Waals surface area contributed by atoms with Crippen LogP contribution in [0.4, 0.5) is 0 Å². The van der Waals surface area contributed by atoms with Crippen molar-refractivity contribution in [1.82, 2.24) is 10.3 Å². The van der Waals surface area contributed by atoms with E-state index in [9.17, 15) is 0 Å². The van der Waals surface area contributed by atoms with Gasteiger partial charge < -0.3 is 4.74 Å². The van der Waals surface area contributed by atoms with Crippen LogP contribution in [0.5, 0.6) is 5.88 Å². The maximum Gasteiger partial charge on any atom is 0.278 e. The van der Waals surface area contributed by atoms with Crippen molar-refractivity contribution in [2.45, 2.75) is 25.9 Å². The van der Waals surface area contributed by atoms with Crippen LogP contribution in [0, 0.1) is 6.92 Å². The molecule has 54 valence electrons. The molecular formula is C6H8N2O2. The number of aryl methyl sites for hydroxylation is 1. The van der Waals surface area contributed by atoms with Gasteiger partial charge in [0.05, 0.1) is 0 Å². The first kappa shape index (κ1) is 5.70. The van der Waals surface area contributed by atoms with Gasteiger partial charge in [-0.05, 0) is 24.9 Å². The monoisotopic (exact) mass is 140 g/mol. The highest BCUT2D eigenvalue weighted by Gasteiger charge is 2.25. The summed E-state index contributed by atoms with van der Waals surface area (Å²) in [4.78, 5) is 0. The van der Waals surface area contributed by atoms with Gasteiger partial charge in [-0.15, -0.1) is 0 Å². The molecule has 1 aliphatic carbocycles. The maximum absolute atomic E-state index is 5.33. The Morgan fingerprint density at radius 1 is 1.50 bits per heavy atom. The summed E-state index contributed by atoms with van der Waals surface area (Å²) in [5.41, 5.74) is 0.729. The Hall–Kier alpha value is -1.06. The normalized spacial score (nSPS) is 17.3. The van der Waals surface area contributed by atoms with Gasteiger partial charge in [-0.1, -0.05) is 5.16 Å². The molecule has 4 nitrogen and oxygen atoms in total. The molecule has 0 N–H and O–H groups in total. The number of ether oxygens (including phenoxy) is 1. The second kappa shape index (κ2) is 1.97. The summed E-state index contributed by atoms with van der Waals surface area (Å²) in [5, 5.41) is 7.17. The first-order valence-corrected chi connectivity index (χ1v) is 3.32.